The number of hydrogen-bond acceptors (Lipinski definition) is 3. The zero-order valence-electron chi connectivity index (χ0n) is 4.05. The average Bonchev–Trinajstić information content (AvgIpc) is 1.38. The van der Waals surface area contributed by atoms with Gasteiger partial charge in [-0.2, -0.15) is 4.39 Å². The summed E-state index contributed by atoms with van der Waals surface area (Å²) >= 11 is 4.14. The van der Waals surface area contributed by atoms with Crippen molar-refractivity contribution in [1.82, 2.24) is 0 Å². The van der Waals surface area contributed by atoms with Crippen LogP contribution in [0.2, 0.25) is 0 Å². The second-order valence-electron chi connectivity index (χ2n) is 0.293. The summed E-state index contributed by atoms with van der Waals surface area (Å²) in [6.07, 6.45) is 0. The third-order valence-corrected chi connectivity index (χ3v) is 0.169. The molecular weight excluding hydrogens is 137 g/mol. The van der Waals surface area contributed by atoms with Crippen molar-refractivity contribution in [2.75, 3.05) is 0 Å². The normalized spacial score (nSPS) is 5.50. The van der Waals surface area contributed by atoms with Gasteiger partial charge in [-0.1, -0.05) is 0 Å². The van der Waals surface area contributed by atoms with Gasteiger partial charge in [-0.05, 0) is 0 Å². The summed E-state index contributed by atoms with van der Waals surface area (Å²) in [6, 6.07) is 0. The van der Waals surface area contributed by atoms with Gasteiger partial charge in [0.15, 0.2) is 0 Å². The fourth-order valence-electron chi connectivity index (χ4n) is 0. The molecule has 0 aliphatic carbocycles. The van der Waals surface area contributed by atoms with Crippen molar-refractivity contribution in [2.24, 2.45) is 0 Å². The SMILES string of the molecule is O=[N+]([O-])OCl.[H-].[K+]. The van der Waals surface area contributed by atoms with Crippen LogP contribution in [0.5, 0.6) is 0 Å². The van der Waals surface area contributed by atoms with Crippen molar-refractivity contribution in [3.8, 4) is 0 Å². The maximum atomic E-state index is 8.82. The van der Waals surface area contributed by atoms with Gasteiger partial charge in [0.05, 0.1) is 0 Å². The summed E-state index contributed by atoms with van der Waals surface area (Å²) in [4.78, 5) is 8.82. The number of hydrogen-bond donors (Lipinski definition) is 0. The first-order valence-corrected chi connectivity index (χ1v) is 1.01. The Morgan fingerprint density at radius 3 is 2.17 bits per heavy atom. The Labute approximate surface area is 83.0 Å². The molecule has 6 heavy (non-hydrogen) atoms. The molecule has 0 radical (unpaired) electrons. The molecule has 0 aromatic carbocycles. The molecule has 0 saturated heterocycles. The van der Waals surface area contributed by atoms with Gasteiger partial charge in [-0.15, -0.1) is 10.1 Å². The fourth-order valence-corrected chi connectivity index (χ4v) is 0. The zero-order valence-corrected chi connectivity index (χ0v) is 6.93. The summed E-state index contributed by atoms with van der Waals surface area (Å²) < 4.78 is 2.94. The molecule has 0 saturated carbocycles. The molecule has 0 bridgehead atoms. The van der Waals surface area contributed by atoms with Gasteiger partial charge in [0.2, 0.25) is 0 Å². The summed E-state index contributed by atoms with van der Waals surface area (Å²) in [5.41, 5.74) is 0. The van der Waals surface area contributed by atoms with Crippen LogP contribution >= 0.6 is 11.9 Å². The van der Waals surface area contributed by atoms with Crippen LogP contribution in [0.4, 0.5) is 0 Å². The first-order chi connectivity index (χ1) is 2.27. The Morgan fingerprint density at radius 1 is 2.00 bits per heavy atom. The van der Waals surface area contributed by atoms with Crippen LogP contribution in [0.3, 0.4) is 0 Å². The maximum absolute atomic E-state index is 8.82. The van der Waals surface area contributed by atoms with E-state index in [1.165, 1.54) is 0 Å². The first kappa shape index (κ1) is 10.2. The van der Waals surface area contributed by atoms with Crippen LogP contribution in [-0.4, -0.2) is 5.09 Å². The van der Waals surface area contributed by atoms with Crippen LogP contribution in [0, 0.1) is 10.1 Å². The molecule has 0 fully saturated rings. The van der Waals surface area contributed by atoms with E-state index in [4.69, 9.17) is 10.1 Å². The molecule has 0 aliphatic rings. The number of halogens is 1. The van der Waals surface area contributed by atoms with Crippen LogP contribution in [-0.2, 0) is 4.39 Å². The number of nitrogens with zero attached hydrogens (tertiary/aromatic N) is 1. The topological polar surface area (TPSA) is 52.4 Å². The molecule has 0 N–H and O–H groups in total. The van der Waals surface area contributed by atoms with Gasteiger partial charge in [-0.25, -0.2) is 0 Å². The largest absolute Gasteiger partial charge is 1.00 e. The molecule has 0 rings (SSSR count). The van der Waals surface area contributed by atoms with E-state index in [0.29, 0.717) is 0 Å². The summed E-state index contributed by atoms with van der Waals surface area (Å²) in [7, 11) is 0. The molecule has 32 valence electrons. The van der Waals surface area contributed by atoms with E-state index in [1.807, 2.05) is 0 Å². The van der Waals surface area contributed by atoms with Crippen LogP contribution < -0.4 is 51.4 Å². The quantitative estimate of drug-likeness (QED) is 0.228. The summed E-state index contributed by atoms with van der Waals surface area (Å²) in [6.45, 7) is 0. The van der Waals surface area contributed by atoms with E-state index in [2.05, 4.69) is 16.3 Å². The van der Waals surface area contributed by atoms with Crippen molar-refractivity contribution < 1.29 is 62.3 Å². The van der Waals surface area contributed by atoms with E-state index in [9.17, 15) is 0 Å². The van der Waals surface area contributed by atoms with E-state index in [-0.39, 0.29) is 52.8 Å². The minimum atomic E-state index is -1.11. The Kier molecular flexibility index (Phi) is 10.4. The van der Waals surface area contributed by atoms with Gasteiger partial charge >= 0.3 is 56.5 Å². The van der Waals surface area contributed by atoms with Gasteiger partial charge in [0.1, 0.15) is 11.9 Å². The van der Waals surface area contributed by atoms with Gasteiger partial charge in [0.25, 0.3) is 0 Å². The summed E-state index contributed by atoms with van der Waals surface area (Å²) in [5.74, 6) is 0. The molecule has 0 heterocycles. The molecule has 0 unspecified atom stereocenters. The van der Waals surface area contributed by atoms with Gasteiger partial charge in [0, 0.05) is 0 Å². The average molecular weight is 138 g/mol. The van der Waals surface area contributed by atoms with Crippen LogP contribution in [0.15, 0.2) is 0 Å². The Bertz CT molecular complexity index is 50.2. The van der Waals surface area contributed by atoms with Crippen LogP contribution in [0.1, 0.15) is 1.43 Å². The molecule has 4 nitrogen and oxygen atoms in total. The van der Waals surface area contributed by atoms with Crippen molar-refractivity contribution in [1.29, 1.82) is 0 Å². The molecule has 0 aromatic rings. The molecule has 0 amide bonds. The molecule has 0 spiro atoms. The third-order valence-electron chi connectivity index (χ3n) is 0.0563. The molecule has 0 aromatic heterocycles. The monoisotopic (exact) mass is 137 g/mol. The Morgan fingerprint density at radius 2 is 2.17 bits per heavy atom. The second kappa shape index (κ2) is 6.13. The Hall–Kier alpha value is 1.13. The molecule has 0 atom stereocenters. The smallest absolute Gasteiger partial charge is 1.00 e. The minimum absolute atomic E-state index is 0. The van der Waals surface area contributed by atoms with E-state index < -0.39 is 5.09 Å². The second-order valence-corrected chi connectivity index (χ2v) is 0.431. The van der Waals surface area contributed by atoms with Crippen molar-refractivity contribution in [3.63, 3.8) is 0 Å². The first-order valence-electron chi connectivity index (χ1n) is 0.702. The van der Waals surface area contributed by atoms with E-state index in [1.54, 1.807) is 0 Å². The molecule has 6 heteroatoms. The molecular formula is HClKNO3. The predicted octanol–water partition coefficient (Wildman–Crippen LogP) is -2.54. The van der Waals surface area contributed by atoms with Crippen LogP contribution in [0.25, 0.3) is 0 Å². The predicted molar refractivity (Wildman–Crippen MR) is 15.0 cm³/mol. The maximum Gasteiger partial charge on any atom is 1.00 e. The van der Waals surface area contributed by atoms with Crippen molar-refractivity contribution >= 4 is 11.9 Å². The standard InChI is InChI=1S/ClNO3.K.H/c1-5-2(3)4;;/q;+1;-1. The fraction of sp³-hybridized carbons (Fsp3) is 0. The van der Waals surface area contributed by atoms with Gasteiger partial charge in [-0.3, -0.25) is 0 Å². The minimum Gasteiger partial charge on any atom is -1.00 e. The third kappa shape index (κ3) is 8.93. The zero-order chi connectivity index (χ0) is 4.28. The van der Waals surface area contributed by atoms with Gasteiger partial charge < -0.3 is 1.43 Å². The van der Waals surface area contributed by atoms with E-state index in [0.717, 1.165) is 0 Å². The Balaban J connectivity index is -0.0000000800. The molecule has 0 aliphatic heterocycles. The van der Waals surface area contributed by atoms with E-state index >= 15 is 0 Å². The van der Waals surface area contributed by atoms with Crippen molar-refractivity contribution in [3.05, 3.63) is 10.1 Å². The summed E-state index contributed by atoms with van der Waals surface area (Å²) in [5, 5.41) is 7.71. The van der Waals surface area contributed by atoms with Crippen molar-refractivity contribution in [2.45, 2.75) is 0 Å². The number of rotatable bonds is 1.